The Bertz CT molecular complexity index is 1120. The molecule has 33 heavy (non-hydrogen) atoms. The molecule has 3 rings (SSSR count). The molecule has 2 aromatic carbocycles. The highest BCUT2D eigenvalue weighted by molar-refractivity contribution is 7.89. The molecule has 2 amide bonds. The van der Waals surface area contributed by atoms with E-state index in [-0.39, 0.29) is 55.1 Å². The van der Waals surface area contributed by atoms with Crippen molar-refractivity contribution in [2.24, 2.45) is 0 Å². The summed E-state index contributed by atoms with van der Waals surface area (Å²) >= 11 is 0. The number of hydrogen-bond donors (Lipinski definition) is 2. The molecule has 0 radical (unpaired) electrons. The Hall–Kier alpha value is -3.24. The van der Waals surface area contributed by atoms with Crippen LogP contribution in [0.3, 0.4) is 0 Å². The Morgan fingerprint density at radius 2 is 1.91 bits per heavy atom. The number of carbonyl (C=O) groups excluding carboxylic acids is 3. The zero-order valence-corrected chi connectivity index (χ0v) is 19.2. The number of esters is 1. The fourth-order valence-electron chi connectivity index (χ4n) is 3.27. The molecule has 1 fully saturated rings. The van der Waals surface area contributed by atoms with Crippen LogP contribution in [0.15, 0.2) is 53.4 Å². The SMILES string of the molecule is Cc1ccc(CCC(=O)NCCOC(=O)c2cccc(S(=O)(=O)N3CCNC(=O)C3)c2)cc1. The second-order valence-corrected chi connectivity index (χ2v) is 9.63. The van der Waals surface area contributed by atoms with Crippen LogP contribution in [0.1, 0.15) is 27.9 Å². The zero-order chi connectivity index (χ0) is 23.8. The summed E-state index contributed by atoms with van der Waals surface area (Å²) in [5, 5.41) is 5.27. The molecule has 0 bridgehead atoms. The highest BCUT2D eigenvalue weighted by atomic mass is 32.2. The number of rotatable bonds is 9. The van der Waals surface area contributed by atoms with Crippen molar-refractivity contribution < 1.29 is 27.5 Å². The molecule has 0 unspecified atom stereocenters. The Balaban J connectivity index is 1.46. The van der Waals surface area contributed by atoms with Gasteiger partial charge in [0.2, 0.25) is 21.8 Å². The summed E-state index contributed by atoms with van der Waals surface area (Å²) in [5.74, 6) is -1.22. The smallest absolute Gasteiger partial charge is 0.338 e. The molecule has 0 saturated carbocycles. The van der Waals surface area contributed by atoms with Crippen LogP contribution in [0.5, 0.6) is 0 Å². The fourth-order valence-corrected chi connectivity index (χ4v) is 4.71. The highest BCUT2D eigenvalue weighted by Gasteiger charge is 2.29. The molecular weight excluding hydrogens is 446 g/mol. The van der Waals surface area contributed by atoms with Gasteiger partial charge in [-0.1, -0.05) is 35.9 Å². The van der Waals surface area contributed by atoms with Crippen molar-refractivity contribution in [2.45, 2.75) is 24.7 Å². The third-order valence-electron chi connectivity index (χ3n) is 5.13. The number of sulfonamides is 1. The first-order valence-electron chi connectivity index (χ1n) is 10.6. The van der Waals surface area contributed by atoms with Gasteiger partial charge in [0.05, 0.1) is 23.5 Å². The number of benzene rings is 2. The molecule has 0 atom stereocenters. The van der Waals surface area contributed by atoms with E-state index in [2.05, 4.69) is 10.6 Å². The lowest BCUT2D eigenvalue weighted by atomic mass is 10.1. The van der Waals surface area contributed by atoms with Gasteiger partial charge < -0.3 is 15.4 Å². The molecule has 1 aliphatic heterocycles. The van der Waals surface area contributed by atoms with Crippen molar-refractivity contribution in [3.63, 3.8) is 0 Å². The van der Waals surface area contributed by atoms with Crippen LogP contribution in [0.25, 0.3) is 0 Å². The van der Waals surface area contributed by atoms with E-state index in [1.54, 1.807) is 0 Å². The second kappa shape index (κ2) is 11.1. The number of ether oxygens (including phenoxy) is 1. The van der Waals surface area contributed by atoms with E-state index in [1.807, 2.05) is 31.2 Å². The largest absolute Gasteiger partial charge is 0.460 e. The third kappa shape index (κ3) is 6.87. The lowest BCUT2D eigenvalue weighted by molar-refractivity contribution is -0.123. The molecule has 9 nitrogen and oxygen atoms in total. The Morgan fingerprint density at radius 3 is 2.64 bits per heavy atom. The van der Waals surface area contributed by atoms with Crippen LogP contribution >= 0.6 is 0 Å². The number of amides is 2. The van der Waals surface area contributed by atoms with E-state index in [4.69, 9.17) is 4.74 Å². The topological polar surface area (TPSA) is 122 Å². The van der Waals surface area contributed by atoms with Gasteiger partial charge in [0.25, 0.3) is 0 Å². The monoisotopic (exact) mass is 473 g/mol. The van der Waals surface area contributed by atoms with E-state index in [1.165, 1.54) is 24.3 Å². The molecule has 176 valence electrons. The van der Waals surface area contributed by atoms with Crippen molar-refractivity contribution in [1.29, 1.82) is 0 Å². The number of piperazine rings is 1. The van der Waals surface area contributed by atoms with Gasteiger partial charge in [-0.25, -0.2) is 13.2 Å². The first kappa shape index (κ1) is 24.4. The van der Waals surface area contributed by atoms with Crippen molar-refractivity contribution in [2.75, 3.05) is 32.8 Å². The number of nitrogens with zero attached hydrogens (tertiary/aromatic N) is 1. The van der Waals surface area contributed by atoms with Crippen LogP contribution in [0.2, 0.25) is 0 Å². The highest BCUT2D eigenvalue weighted by Crippen LogP contribution is 2.18. The van der Waals surface area contributed by atoms with Crippen molar-refractivity contribution in [3.8, 4) is 0 Å². The minimum Gasteiger partial charge on any atom is -0.460 e. The van der Waals surface area contributed by atoms with Gasteiger partial charge in [-0.05, 0) is 37.1 Å². The average Bonchev–Trinajstić information content (AvgIpc) is 2.81. The van der Waals surface area contributed by atoms with E-state index in [9.17, 15) is 22.8 Å². The minimum absolute atomic E-state index is 0.0433. The van der Waals surface area contributed by atoms with Gasteiger partial charge >= 0.3 is 5.97 Å². The fraction of sp³-hybridized carbons (Fsp3) is 0.348. The summed E-state index contributed by atoms with van der Waals surface area (Å²) in [6, 6.07) is 13.5. The van der Waals surface area contributed by atoms with E-state index >= 15 is 0 Å². The normalized spacial score (nSPS) is 14.4. The van der Waals surface area contributed by atoms with Crippen molar-refractivity contribution >= 4 is 27.8 Å². The lowest BCUT2D eigenvalue weighted by Crippen LogP contribution is -2.49. The maximum atomic E-state index is 12.8. The molecule has 1 saturated heterocycles. The molecule has 0 aliphatic carbocycles. The summed E-state index contributed by atoms with van der Waals surface area (Å²) in [7, 11) is -3.91. The van der Waals surface area contributed by atoms with Gasteiger partial charge in [-0.2, -0.15) is 4.31 Å². The number of carbonyl (C=O) groups is 3. The van der Waals surface area contributed by atoms with Crippen LogP contribution in [-0.4, -0.2) is 63.3 Å². The Labute approximate surface area is 193 Å². The summed E-state index contributed by atoms with van der Waals surface area (Å²) in [6.45, 7) is 2.24. The van der Waals surface area contributed by atoms with Crippen LogP contribution < -0.4 is 10.6 Å². The van der Waals surface area contributed by atoms with Crippen molar-refractivity contribution in [3.05, 3.63) is 65.2 Å². The molecule has 2 aromatic rings. The zero-order valence-electron chi connectivity index (χ0n) is 18.4. The first-order valence-corrected chi connectivity index (χ1v) is 12.1. The summed E-state index contributed by atoms with van der Waals surface area (Å²) in [4.78, 5) is 35.7. The summed E-state index contributed by atoms with van der Waals surface area (Å²) < 4.78 is 31.8. The van der Waals surface area contributed by atoms with Gasteiger partial charge in [0.15, 0.2) is 0 Å². The molecule has 2 N–H and O–H groups in total. The van der Waals surface area contributed by atoms with Gasteiger partial charge in [0.1, 0.15) is 6.61 Å². The van der Waals surface area contributed by atoms with Crippen molar-refractivity contribution in [1.82, 2.24) is 14.9 Å². The molecule has 1 heterocycles. The molecule has 0 aromatic heterocycles. The lowest BCUT2D eigenvalue weighted by Gasteiger charge is -2.26. The molecule has 0 spiro atoms. The number of hydrogen-bond acceptors (Lipinski definition) is 6. The predicted octanol–water partition coefficient (Wildman–Crippen LogP) is 1.02. The summed E-state index contributed by atoms with van der Waals surface area (Å²) in [6.07, 6.45) is 0.942. The summed E-state index contributed by atoms with van der Waals surface area (Å²) in [5.41, 5.74) is 2.30. The maximum absolute atomic E-state index is 12.8. The first-order chi connectivity index (χ1) is 15.8. The minimum atomic E-state index is -3.91. The van der Waals surface area contributed by atoms with Gasteiger partial charge in [-0.3, -0.25) is 9.59 Å². The van der Waals surface area contributed by atoms with E-state index < -0.39 is 16.0 Å². The van der Waals surface area contributed by atoms with Gasteiger partial charge in [0, 0.05) is 19.5 Å². The maximum Gasteiger partial charge on any atom is 0.338 e. The van der Waals surface area contributed by atoms with E-state index in [0.717, 1.165) is 15.4 Å². The Morgan fingerprint density at radius 1 is 1.15 bits per heavy atom. The van der Waals surface area contributed by atoms with Crippen LogP contribution in [0, 0.1) is 6.92 Å². The van der Waals surface area contributed by atoms with E-state index in [0.29, 0.717) is 12.8 Å². The molecule has 1 aliphatic rings. The Kier molecular flexibility index (Phi) is 8.18. The predicted molar refractivity (Wildman–Crippen MR) is 121 cm³/mol. The second-order valence-electron chi connectivity index (χ2n) is 7.69. The number of aryl methyl sites for hydroxylation is 2. The third-order valence-corrected chi connectivity index (χ3v) is 6.97. The molecule has 10 heteroatoms. The quantitative estimate of drug-likeness (QED) is 0.414. The van der Waals surface area contributed by atoms with Crippen LogP contribution in [0.4, 0.5) is 0 Å². The van der Waals surface area contributed by atoms with Gasteiger partial charge in [-0.15, -0.1) is 0 Å². The van der Waals surface area contributed by atoms with Crippen LogP contribution in [-0.2, 0) is 30.8 Å². The molecular formula is C23H27N3O6S. The standard InChI is InChI=1S/C23H27N3O6S/c1-17-5-7-18(8-6-17)9-10-21(27)25-12-14-32-23(29)19-3-2-4-20(15-19)33(30,31)26-13-11-24-22(28)16-26/h2-8,15H,9-14,16H2,1H3,(H,24,28)(H,25,27). The average molecular weight is 474 g/mol. The number of nitrogens with one attached hydrogen (secondary N) is 2.